The number of pyridine rings is 1. The molecule has 1 saturated carbocycles. The Hall–Kier alpha value is -0.760. The van der Waals surface area contributed by atoms with E-state index in [-0.39, 0.29) is 0 Å². The third-order valence-electron chi connectivity index (χ3n) is 3.83. The summed E-state index contributed by atoms with van der Waals surface area (Å²) in [5.41, 5.74) is 2.14. The molecule has 1 aromatic heterocycles. The molecule has 0 spiro atoms. The van der Waals surface area contributed by atoms with E-state index in [1.165, 1.54) is 32.1 Å². The van der Waals surface area contributed by atoms with Crippen molar-refractivity contribution in [1.82, 2.24) is 4.98 Å². The van der Waals surface area contributed by atoms with E-state index in [9.17, 15) is 0 Å². The summed E-state index contributed by atoms with van der Waals surface area (Å²) in [6.07, 6.45) is 6.62. The maximum atomic E-state index is 5.88. The lowest BCUT2D eigenvalue weighted by atomic mass is 9.83. The van der Waals surface area contributed by atoms with Crippen molar-refractivity contribution in [3.8, 4) is 0 Å². The number of halogens is 1. The standard InChI is InChI=1S/C14H21ClN2/c1-3-11-6-4-5-7-13(11)17-12-8-9-14(15)16-10(12)2/h8-9,11,13,17H,3-7H2,1-2H3. The monoisotopic (exact) mass is 252 g/mol. The molecular weight excluding hydrogens is 232 g/mol. The maximum absolute atomic E-state index is 5.88. The lowest BCUT2D eigenvalue weighted by Gasteiger charge is -2.32. The van der Waals surface area contributed by atoms with Gasteiger partial charge in [-0.1, -0.05) is 37.8 Å². The second-order valence-electron chi connectivity index (χ2n) is 4.97. The molecule has 1 aliphatic rings. The van der Waals surface area contributed by atoms with Gasteiger partial charge >= 0.3 is 0 Å². The van der Waals surface area contributed by atoms with Crippen LogP contribution in [-0.2, 0) is 0 Å². The molecule has 3 heteroatoms. The Labute approximate surface area is 109 Å². The summed E-state index contributed by atoms with van der Waals surface area (Å²) in [7, 11) is 0. The van der Waals surface area contributed by atoms with E-state index in [0.29, 0.717) is 11.2 Å². The van der Waals surface area contributed by atoms with Crippen molar-refractivity contribution in [2.75, 3.05) is 5.32 Å². The van der Waals surface area contributed by atoms with Crippen LogP contribution in [-0.4, -0.2) is 11.0 Å². The predicted octanol–water partition coefficient (Wildman–Crippen LogP) is 4.42. The Balaban J connectivity index is 2.08. The first-order valence-electron chi connectivity index (χ1n) is 6.60. The molecule has 2 atom stereocenters. The molecule has 0 amide bonds. The van der Waals surface area contributed by atoms with Gasteiger partial charge in [0.25, 0.3) is 0 Å². The molecule has 0 bridgehead atoms. The molecule has 0 radical (unpaired) electrons. The van der Waals surface area contributed by atoms with Crippen molar-refractivity contribution in [2.45, 2.75) is 52.0 Å². The molecular formula is C14H21ClN2. The van der Waals surface area contributed by atoms with E-state index < -0.39 is 0 Å². The van der Waals surface area contributed by atoms with Gasteiger partial charge in [-0.3, -0.25) is 0 Å². The van der Waals surface area contributed by atoms with Gasteiger partial charge in [0.05, 0.1) is 11.4 Å². The maximum Gasteiger partial charge on any atom is 0.129 e. The largest absolute Gasteiger partial charge is 0.381 e. The first-order chi connectivity index (χ1) is 8.20. The molecule has 2 rings (SSSR count). The Morgan fingerprint density at radius 3 is 2.82 bits per heavy atom. The molecule has 2 nitrogen and oxygen atoms in total. The highest BCUT2D eigenvalue weighted by atomic mass is 35.5. The number of anilines is 1. The van der Waals surface area contributed by atoms with E-state index in [2.05, 4.69) is 17.2 Å². The minimum Gasteiger partial charge on any atom is -0.381 e. The van der Waals surface area contributed by atoms with Crippen LogP contribution in [0.15, 0.2) is 12.1 Å². The summed E-state index contributed by atoms with van der Waals surface area (Å²) < 4.78 is 0. The lowest BCUT2D eigenvalue weighted by molar-refractivity contribution is 0.317. The number of hydrogen-bond donors (Lipinski definition) is 1. The van der Waals surface area contributed by atoms with Crippen LogP contribution in [0.4, 0.5) is 5.69 Å². The first kappa shape index (κ1) is 12.7. The number of hydrogen-bond acceptors (Lipinski definition) is 2. The highest BCUT2D eigenvalue weighted by Crippen LogP contribution is 2.30. The summed E-state index contributed by atoms with van der Waals surface area (Å²) in [4.78, 5) is 4.29. The Morgan fingerprint density at radius 1 is 1.35 bits per heavy atom. The van der Waals surface area contributed by atoms with Crippen LogP contribution < -0.4 is 5.32 Å². The van der Waals surface area contributed by atoms with Crippen LogP contribution in [0.25, 0.3) is 0 Å². The van der Waals surface area contributed by atoms with Gasteiger partial charge in [-0.2, -0.15) is 0 Å². The molecule has 1 aliphatic carbocycles. The molecule has 1 N–H and O–H groups in total. The smallest absolute Gasteiger partial charge is 0.129 e. The Bertz CT molecular complexity index is 378. The summed E-state index contributed by atoms with van der Waals surface area (Å²) >= 11 is 5.88. The predicted molar refractivity (Wildman–Crippen MR) is 73.6 cm³/mol. The Morgan fingerprint density at radius 2 is 2.12 bits per heavy atom. The molecule has 17 heavy (non-hydrogen) atoms. The highest BCUT2D eigenvalue weighted by Gasteiger charge is 2.23. The fraction of sp³-hybridized carbons (Fsp3) is 0.643. The summed E-state index contributed by atoms with van der Waals surface area (Å²) in [5, 5.41) is 4.23. The van der Waals surface area contributed by atoms with Crippen LogP contribution in [0.1, 0.15) is 44.7 Å². The minimum absolute atomic E-state index is 0.573. The third-order valence-corrected chi connectivity index (χ3v) is 4.04. The topological polar surface area (TPSA) is 24.9 Å². The molecule has 0 aliphatic heterocycles. The number of aryl methyl sites for hydroxylation is 1. The second kappa shape index (κ2) is 5.72. The van der Waals surface area contributed by atoms with Crippen LogP contribution in [0, 0.1) is 12.8 Å². The fourth-order valence-electron chi connectivity index (χ4n) is 2.77. The summed E-state index contributed by atoms with van der Waals surface area (Å²) in [5.74, 6) is 0.804. The number of nitrogens with one attached hydrogen (secondary N) is 1. The zero-order chi connectivity index (χ0) is 12.3. The Kier molecular flexibility index (Phi) is 4.27. The van der Waals surface area contributed by atoms with Crippen molar-refractivity contribution >= 4 is 17.3 Å². The van der Waals surface area contributed by atoms with E-state index in [4.69, 9.17) is 11.6 Å². The molecule has 1 heterocycles. The van der Waals surface area contributed by atoms with E-state index >= 15 is 0 Å². The molecule has 94 valence electrons. The van der Waals surface area contributed by atoms with Gasteiger partial charge in [0, 0.05) is 6.04 Å². The van der Waals surface area contributed by atoms with Gasteiger partial charge in [0.1, 0.15) is 5.15 Å². The van der Waals surface area contributed by atoms with Crippen LogP contribution >= 0.6 is 11.6 Å². The van der Waals surface area contributed by atoms with Crippen molar-refractivity contribution < 1.29 is 0 Å². The van der Waals surface area contributed by atoms with Crippen LogP contribution in [0.3, 0.4) is 0 Å². The molecule has 0 saturated heterocycles. The normalized spacial score (nSPS) is 24.6. The van der Waals surface area contributed by atoms with E-state index in [0.717, 1.165) is 17.3 Å². The van der Waals surface area contributed by atoms with Gasteiger partial charge in [-0.15, -0.1) is 0 Å². The number of aromatic nitrogens is 1. The zero-order valence-corrected chi connectivity index (χ0v) is 11.4. The quantitative estimate of drug-likeness (QED) is 0.806. The fourth-order valence-corrected chi connectivity index (χ4v) is 2.96. The molecule has 2 unspecified atom stereocenters. The molecule has 1 aromatic rings. The van der Waals surface area contributed by atoms with Crippen molar-refractivity contribution in [3.05, 3.63) is 23.0 Å². The van der Waals surface area contributed by atoms with Gasteiger partial charge in [-0.05, 0) is 37.8 Å². The van der Waals surface area contributed by atoms with Gasteiger partial charge < -0.3 is 5.32 Å². The summed E-state index contributed by atoms with van der Waals surface area (Å²) in [6, 6.07) is 4.52. The van der Waals surface area contributed by atoms with Gasteiger partial charge in [-0.25, -0.2) is 4.98 Å². The van der Waals surface area contributed by atoms with Crippen LogP contribution in [0.5, 0.6) is 0 Å². The van der Waals surface area contributed by atoms with E-state index in [1.54, 1.807) is 0 Å². The lowest BCUT2D eigenvalue weighted by Crippen LogP contribution is -2.32. The number of rotatable bonds is 3. The SMILES string of the molecule is CCC1CCCCC1Nc1ccc(Cl)nc1C. The van der Waals surface area contributed by atoms with Crippen molar-refractivity contribution in [3.63, 3.8) is 0 Å². The average Bonchev–Trinajstić information content (AvgIpc) is 2.33. The van der Waals surface area contributed by atoms with Crippen LogP contribution in [0.2, 0.25) is 5.15 Å². The zero-order valence-electron chi connectivity index (χ0n) is 10.7. The van der Waals surface area contributed by atoms with Gasteiger partial charge in [0.2, 0.25) is 0 Å². The molecule has 0 aromatic carbocycles. The minimum atomic E-state index is 0.573. The van der Waals surface area contributed by atoms with Crippen molar-refractivity contribution in [2.24, 2.45) is 5.92 Å². The first-order valence-corrected chi connectivity index (χ1v) is 6.98. The third kappa shape index (κ3) is 3.12. The number of nitrogens with zero attached hydrogens (tertiary/aromatic N) is 1. The van der Waals surface area contributed by atoms with Crippen molar-refractivity contribution in [1.29, 1.82) is 0 Å². The highest BCUT2D eigenvalue weighted by molar-refractivity contribution is 6.29. The average molecular weight is 253 g/mol. The van der Waals surface area contributed by atoms with Gasteiger partial charge in [0.15, 0.2) is 0 Å². The molecule has 1 fully saturated rings. The van der Waals surface area contributed by atoms with E-state index in [1.807, 2.05) is 19.1 Å². The summed E-state index contributed by atoms with van der Waals surface area (Å²) in [6.45, 7) is 4.30. The second-order valence-corrected chi connectivity index (χ2v) is 5.36.